The van der Waals surface area contributed by atoms with E-state index in [4.69, 9.17) is 4.74 Å². The van der Waals surface area contributed by atoms with Gasteiger partial charge in [0.15, 0.2) is 6.61 Å². The smallest absolute Gasteiger partial charge is 0.312 e. The minimum Gasteiger partial charge on any atom is -0.455 e. The van der Waals surface area contributed by atoms with Crippen molar-refractivity contribution in [3.05, 3.63) is 65.2 Å². The van der Waals surface area contributed by atoms with Crippen molar-refractivity contribution in [2.45, 2.75) is 18.2 Å². The van der Waals surface area contributed by atoms with Gasteiger partial charge in [0.05, 0.1) is 17.8 Å². The number of carbonyl (C=O) groups is 2. The van der Waals surface area contributed by atoms with E-state index in [1.54, 1.807) is 0 Å². The van der Waals surface area contributed by atoms with Crippen molar-refractivity contribution in [3.8, 4) is 10.6 Å². The van der Waals surface area contributed by atoms with E-state index in [1.165, 1.54) is 28.7 Å². The maximum absolute atomic E-state index is 12.0. The Kier molecular flexibility index (Phi) is 6.84. The lowest BCUT2D eigenvalue weighted by molar-refractivity contribution is -0.146. The largest absolute Gasteiger partial charge is 0.455 e. The van der Waals surface area contributed by atoms with E-state index in [0.717, 1.165) is 15.5 Å². The van der Waals surface area contributed by atoms with Crippen molar-refractivity contribution in [3.63, 3.8) is 0 Å². The van der Waals surface area contributed by atoms with Crippen LogP contribution in [0.2, 0.25) is 0 Å². The first-order chi connectivity index (χ1) is 13.5. The Balaban J connectivity index is 1.50. The molecular weight excluding hydrogens is 392 g/mol. The van der Waals surface area contributed by atoms with Gasteiger partial charge in [0.2, 0.25) is 0 Å². The zero-order chi connectivity index (χ0) is 19.9. The topological polar surface area (TPSA) is 68.3 Å². The summed E-state index contributed by atoms with van der Waals surface area (Å²) in [5, 5.41) is 5.45. The van der Waals surface area contributed by atoms with Crippen LogP contribution in [0.25, 0.3) is 10.6 Å². The number of rotatable bonds is 7. The van der Waals surface area contributed by atoms with Gasteiger partial charge in [-0.25, -0.2) is 4.98 Å². The fourth-order valence-electron chi connectivity index (χ4n) is 2.50. The molecule has 5 nitrogen and oxygen atoms in total. The number of hydrogen-bond acceptors (Lipinski definition) is 6. The number of thioether (sulfide) groups is 1. The standard InChI is InChI=1S/C21H20N2O3S2/c1-14-7-9-15(10-8-14)21-22-16(13-28-21)11-20(25)26-12-19(24)23-17-5-3-4-6-18(17)27-2/h3-10,13H,11-12H2,1-2H3,(H,23,24). The summed E-state index contributed by atoms with van der Waals surface area (Å²) in [6.07, 6.45) is 1.97. The van der Waals surface area contributed by atoms with Crippen LogP contribution in [0.3, 0.4) is 0 Å². The first-order valence-corrected chi connectivity index (χ1v) is 10.8. The van der Waals surface area contributed by atoms with Crippen LogP contribution >= 0.6 is 23.1 Å². The molecule has 0 fully saturated rings. The van der Waals surface area contributed by atoms with Crippen molar-refractivity contribution >= 4 is 40.7 Å². The highest BCUT2D eigenvalue weighted by atomic mass is 32.2. The molecule has 0 radical (unpaired) electrons. The predicted octanol–water partition coefficient (Wildman–Crippen LogP) is 4.56. The van der Waals surface area contributed by atoms with Gasteiger partial charge in [0.1, 0.15) is 5.01 Å². The van der Waals surface area contributed by atoms with Crippen molar-refractivity contribution in [2.24, 2.45) is 0 Å². The fraction of sp³-hybridized carbons (Fsp3) is 0.190. The number of anilines is 1. The number of aryl methyl sites for hydroxylation is 1. The highest BCUT2D eigenvalue weighted by molar-refractivity contribution is 7.98. The van der Waals surface area contributed by atoms with Gasteiger partial charge in [-0.3, -0.25) is 9.59 Å². The van der Waals surface area contributed by atoms with Crippen molar-refractivity contribution in [2.75, 3.05) is 18.2 Å². The number of thiazole rings is 1. The Labute approximate surface area is 172 Å². The SMILES string of the molecule is CSc1ccccc1NC(=O)COC(=O)Cc1csc(-c2ccc(C)cc2)n1. The Morgan fingerprint density at radius 3 is 2.64 bits per heavy atom. The molecule has 0 aliphatic carbocycles. The molecule has 0 atom stereocenters. The van der Waals surface area contributed by atoms with E-state index in [9.17, 15) is 9.59 Å². The molecule has 28 heavy (non-hydrogen) atoms. The average Bonchev–Trinajstić information content (AvgIpc) is 3.16. The molecular formula is C21H20N2O3S2. The van der Waals surface area contributed by atoms with Gasteiger partial charge < -0.3 is 10.1 Å². The molecule has 0 aliphatic rings. The number of aromatic nitrogens is 1. The van der Waals surface area contributed by atoms with E-state index in [1.807, 2.05) is 67.1 Å². The van der Waals surface area contributed by atoms with Crippen LogP contribution in [0.1, 0.15) is 11.3 Å². The highest BCUT2D eigenvalue weighted by Gasteiger charge is 2.13. The molecule has 0 bridgehead atoms. The Hall–Kier alpha value is -2.64. The summed E-state index contributed by atoms with van der Waals surface area (Å²) in [6.45, 7) is 1.71. The monoisotopic (exact) mass is 412 g/mol. The van der Waals surface area contributed by atoms with Crippen LogP contribution in [-0.2, 0) is 20.7 Å². The highest BCUT2D eigenvalue weighted by Crippen LogP contribution is 2.25. The Bertz CT molecular complexity index is 968. The molecule has 7 heteroatoms. The van der Waals surface area contributed by atoms with Crippen LogP contribution in [0, 0.1) is 6.92 Å². The third kappa shape index (κ3) is 5.43. The number of nitrogens with one attached hydrogen (secondary N) is 1. The number of para-hydroxylation sites is 1. The number of benzene rings is 2. The van der Waals surface area contributed by atoms with E-state index in [0.29, 0.717) is 11.4 Å². The molecule has 2 aromatic carbocycles. The van der Waals surface area contributed by atoms with Crippen LogP contribution < -0.4 is 5.32 Å². The van der Waals surface area contributed by atoms with Gasteiger partial charge in [0.25, 0.3) is 5.91 Å². The quantitative estimate of drug-likeness (QED) is 0.455. The molecule has 3 rings (SSSR count). The number of nitrogens with zero attached hydrogens (tertiary/aromatic N) is 1. The zero-order valence-corrected chi connectivity index (χ0v) is 17.2. The second-order valence-electron chi connectivity index (χ2n) is 6.10. The number of hydrogen-bond donors (Lipinski definition) is 1. The number of esters is 1. The van der Waals surface area contributed by atoms with Gasteiger partial charge >= 0.3 is 5.97 Å². The molecule has 1 amide bonds. The van der Waals surface area contributed by atoms with Crippen LogP contribution in [-0.4, -0.2) is 29.7 Å². The fourth-order valence-corrected chi connectivity index (χ4v) is 3.88. The summed E-state index contributed by atoms with van der Waals surface area (Å²) in [6, 6.07) is 15.5. The Morgan fingerprint density at radius 2 is 1.89 bits per heavy atom. The first-order valence-electron chi connectivity index (χ1n) is 8.65. The third-order valence-electron chi connectivity index (χ3n) is 3.92. The molecule has 0 spiro atoms. The van der Waals surface area contributed by atoms with Gasteiger partial charge in [-0.05, 0) is 25.3 Å². The lowest BCUT2D eigenvalue weighted by Gasteiger charge is -2.09. The van der Waals surface area contributed by atoms with Gasteiger partial charge in [-0.15, -0.1) is 23.1 Å². The minimum atomic E-state index is -0.478. The lowest BCUT2D eigenvalue weighted by atomic mass is 10.2. The van der Waals surface area contributed by atoms with E-state index in [-0.39, 0.29) is 18.9 Å². The molecule has 0 saturated carbocycles. The Morgan fingerprint density at radius 1 is 1.14 bits per heavy atom. The molecule has 0 unspecified atom stereocenters. The molecule has 1 aromatic heterocycles. The second-order valence-corrected chi connectivity index (χ2v) is 7.80. The molecule has 0 aliphatic heterocycles. The average molecular weight is 413 g/mol. The normalized spacial score (nSPS) is 10.5. The van der Waals surface area contributed by atoms with Crippen molar-refractivity contribution in [1.29, 1.82) is 0 Å². The number of ether oxygens (including phenoxy) is 1. The van der Waals surface area contributed by atoms with Gasteiger partial charge in [-0.1, -0.05) is 42.0 Å². The van der Waals surface area contributed by atoms with Crippen LogP contribution in [0.15, 0.2) is 58.8 Å². The molecule has 1 N–H and O–H groups in total. The van der Waals surface area contributed by atoms with Gasteiger partial charge in [0, 0.05) is 15.8 Å². The number of carbonyl (C=O) groups excluding carboxylic acids is 2. The maximum Gasteiger partial charge on any atom is 0.312 e. The summed E-state index contributed by atoms with van der Waals surface area (Å²) in [5.41, 5.74) is 3.54. The van der Waals surface area contributed by atoms with Crippen LogP contribution in [0.4, 0.5) is 5.69 Å². The molecule has 144 valence electrons. The second kappa shape index (κ2) is 9.52. The third-order valence-corrected chi connectivity index (χ3v) is 5.66. The summed E-state index contributed by atoms with van der Waals surface area (Å²) >= 11 is 3.02. The van der Waals surface area contributed by atoms with Crippen molar-refractivity contribution < 1.29 is 14.3 Å². The predicted molar refractivity (Wildman–Crippen MR) is 114 cm³/mol. The van der Waals surface area contributed by atoms with E-state index in [2.05, 4.69) is 10.3 Å². The van der Waals surface area contributed by atoms with E-state index < -0.39 is 5.97 Å². The molecule has 3 aromatic rings. The summed E-state index contributed by atoms with van der Waals surface area (Å²) in [5.74, 6) is -0.845. The minimum absolute atomic E-state index is 0.0387. The number of amides is 1. The molecule has 0 saturated heterocycles. The van der Waals surface area contributed by atoms with Gasteiger partial charge in [-0.2, -0.15) is 0 Å². The maximum atomic E-state index is 12.0. The van der Waals surface area contributed by atoms with E-state index >= 15 is 0 Å². The zero-order valence-electron chi connectivity index (χ0n) is 15.6. The van der Waals surface area contributed by atoms with Crippen LogP contribution in [0.5, 0.6) is 0 Å². The lowest BCUT2D eigenvalue weighted by Crippen LogP contribution is -2.22. The first kappa shape index (κ1) is 20.1. The summed E-state index contributed by atoms with van der Waals surface area (Å²) in [4.78, 5) is 29.5. The summed E-state index contributed by atoms with van der Waals surface area (Å²) < 4.78 is 5.09. The summed E-state index contributed by atoms with van der Waals surface area (Å²) in [7, 11) is 0. The van der Waals surface area contributed by atoms with Crippen molar-refractivity contribution in [1.82, 2.24) is 4.98 Å². The molecule has 1 heterocycles.